The normalized spacial score (nSPS) is 27.5. The highest BCUT2D eigenvalue weighted by Crippen LogP contribution is 2.14. The smallest absolute Gasteiger partial charge is 0.191 e. The van der Waals surface area contributed by atoms with E-state index >= 15 is 0 Å². The number of morpholine rings is 1. The number of hydrogen-bond donors (Lipinski definition) is 1. The molecule has 0 saturated carbocycles. The van der Waals surface area contributed by atoms with Gasteiger partial charge in [0.1, 0.15) is 0 Å². The number of piperidine rings is 1. The first kappa shape index (κ1) is 13.6. The van der Waals surface area contributed by atoms with Gasteiger partial charge in [0, 0.05) is 26.2 Å². The van der Waals surface area contributed by atoms with Crippen molar-refractivity contribution in [2.75, 3.05) is 52.5 Å². The third kappa shape index (κ3) is 4.14. The molecular formula is C13H26N4O. The third-order valence-corrected chi connectivity index (χ3v) is 3.77. The number of ether oxygens (including phenoxy) is 1. The van der Waals surface area contributed by atoms with Crippen LogP contribution >= 0.6 is 0 Å². The first-order chi connectivity index (χ1) is 8.75. The van der Waals surface area contributed by atoms with E-state index in [4.69, 9.17) is 10.5 Å². The quantitative estimate of drug-likeness (QED) is 0.584. The molecule has 2 aliphatic heterocycles. The Labute approximate surface area is 110 Å². The van der Waals surface area contributed by atoms with Crippen LogP contribution in [0.4, 0.5) is 0 Å². The van der Waals surface area contributed by atoms with Crippen LogP contribution in [0.5, 0.6) is 0 Å². The molecule has 0 spiro atoms. The fourth-order valence-corrected chi connectivity index (χ4v) is 2.69. The molecule has 2 heterocycles. The number of aliphatic imine (C=N–C) groups is 1. The molecule has 2 N–H and O–H groups in total. The number of guanidine groups is 1. The number of rotatable bonds is 3. The molecule has 0 aliphatic carbocycles. The molecule has 2 saturated heterocycles. The molecule has 0 aromatic carbocycles. The maximum atomic E-state index is 5.99. The largest absolute Gasteiger partial charge is 0.378 e. The molecule has 2 fully saturated rings. The van der Waals surface area contributed by atoms with Crippen molar-refractivity contribution in [1.82, 2.24) is 9.80 Å². The summed E-state index contributed by atoms with van der Waals surface area (Å²) in [4.78, 5) is 9.11. The predicted octanol–water partition coefficient (Wildman–Crippen LogP) is 0.365. The zero-order valence-corrected chi connectivity index (χ0v) is 11.5. The lowest BCUT2D eigenvalue weighted by atomic mass is 10.0. The maximum absolute atomic E-state index is 5.99. The highest BCUT2D eigenvalue weighted by atomic mass is 16.5. The average molecular weight is 254 g/mol. The van der Waals surface area contributed by atoms with Crippen LogP contribution in [0, 0.1) is 5.92 Å². The molecular weight excluding hydrogens is 228 g/mol. The van der Waals surface area contributed by atoms with E-state index in [9.17, 15) is 0 Å². The zero-order valence-electron chi connectivity index (χ0n) is 11.5. The lowest BCUT2D eigenvalue weighted by Gasteiger charge is -2.30. The van der Waals surface area contributed by atoms with Crippen LogP contribution in [0.25, 0.3) is 0 Å². The van der Waals surface area contributed by atoms with Gasteiger partial charge in [-0.1, -0.05) is 6.92 Å². The second kappa shape index (κ2) is 6.95. The Kier molecular flexibility index (Phi) is 5.26. The van der Waals surface area contributed by atoms with E-state index in [1.165, 1.54) is 25.9 Å². The molecule has 1 unspecified atom stereocenters. The summed E-state index contributed by atoms with van der Waals surface area (Å²) in [5.41, 5.74) is 5.99. The van der Waals surface area contributed by atoms with Gasteiger partial charge in [-0.15, -0.1) is 0 Å². The predicted molar refractivity (Wildman–Crippen MR) is 73.7 cm³/mol. The van der Waals surface area contributed by atoms with E-state index < -0.39 is 0 Å². The lowest BCUT2D eigenvalue weighted by molar-refractivity contribution is 0.0674. The number of nitrogens with zero attached hydrogens (tertiary/aromatic N) is 3. The summed E-state index contributed by atoms with van der Waals surface area (Å²) in [6.07, 6.45) is 2.69. The minimum absolute atomic E-state index is 0.684. The molecule has 5 heteroatoms. The molecule has 18 heavy (non-hydrogen) atoms. The maximum Gasteiger partial charge on any atom is 0.191 e. The van der Waals surface area contributed by atoms with Gasteiger partial charge in [-0.2, -0.15) is 0 Å². The third-order valence-electron chi connectivity index (χ3n) is 3.77. The Morgan fingerprint density at radius 1 is 1.33 bits per heavy atom. The molecule has 0 radical (unpaired) electrons. The molecule has 0 amide bonds. The Balaban J connectivity index is 1.69. The molecule has 5 nitrogen and oxygen atoms in total. The molecule has 0 aromatic rings. The van der Waals surface area contributed by atoms with Gasteiger partial charge in [0.05, 0.1) is 19.8 Å². The summed E-state index contributed by atoms with van der Waals surface area (Å²) in [5, 5.41) is 0. The number of likely N-dealkylation sites (tertiary alicyclic amines) is 1. The summed E-state index contributed by atoms with van der Waals surface area (Å²) >= 11 is 0. The molecule has 104 valence electrons. The van der Waals surface area contributed by atoms with E-state index in [0.29, 0.717) is 5.96 Å². The topological polar surface area (TPSA) is 54.1 Å². The molecule has 2 rings (SSSR count). The monoisotopic (exact) mass is 254 g/mol. The van der Waals surface area contributed by atoms with Gasteiger partial charge in [0.15, 0.2) is 5.96 Å². The number of hydrogen-bond acceptors (Lipinski definition) is 3. The van der Waals surface area contributed by atoms with E-state index in [2.05, 4.69) is 21.7 Å². The Hall–Kier alpha value is -0.810. The van der Waals surface area contributed by atoms with Gasteiger partial charge < -0.3 is 20.3 Å². The van der Waals surface area contributed by atoms with Crippen LogP contribution < -0.4 is 5.73 Å². The molecule has 0 bridgehead atoms. The van der Waals surface area contributed by atoms with Crippen LogP contribution in [-0.4, -0.2) is 68.2 Å². The highest BCUT2D eigenvalue weighted by Gasteiger charge is 2.16. The van der Waals surface area contributed by atoms with Crippen molar-refractivity contribution < 1.29 is 4.74 Å². The van der Waals surface area contributed by atoms with Gasteiger partial charge in [0.25, 0.3) is 0 Å². The van der Waals surface area contributed by atoms with Crippen molar-refractivity contribution in [3.8, 4) is 0 Å². The van der Waals surface area contributed by atoms with Gasteiger partial charge in [-0.3, -0.25) is 4.99 Å². The standard InChI is InChI=1S/C13H26N4O/c1-12-3-2-5-16(11-12)6-4-15-13(14)17-7-9-18-10-8-17/h12H,2-11H2,1H3,(H2,14,15). The summed E-state index contributed by atoms with van der Waals surface area (Å²) in [6, 6.07) is 0. The van der Waals surface area contributed by atoms with Crippen molar-refractivity contribution >= 4 is 5.96 Å². The first-order valence-corrected chi connectivity index (χ1v) is 7.10. The Bertz CT molecular complexity index is 276. The average Bonchev–Trinajstić information content (AvgIpc) is 2.40. The van der Waals surface area contributed by atoms with Crippen molar-refractivity contribution in [2.24, 2.45) is 16.6 Å². The fourth-order valence-electron chi connectivity index (χ4n) is 2.69. The molecule has 1 atom stereocenters. The fraction of sp³-hybridized carbons (Fsp3) is 0.923. The summed E-state index contributed by atoms with van der Waals surface area (Å²) < 4.78 is 5.30. The van der Waals surface area contributed by atoms with E-state index in [1.54, 1.807) is 0 Å². The number of nitrogens with two attached hydrogens (primary N) is 1. The minimum atomic E-state index is 0.684. The van der Waals surface area contributed by atoms with Gasteiger partial charge in [-0.25, -0.2) is 0 Å². The van der Waals surface area contributed by atoms with Crippen molar-refractivity contribution in [3.63, 3.8) is 0 Å². The van der Waals surface area contributed by atoms with Crippen molar-refractivity contribution in [1.29, 1.82) is 0 Å². The zero-order chi connectivity index (χ0) is 12.8. The molecule has 2 aliphatic rings. The van der Waals surface area contributed by atoms with Crippen LogP contribution in [0.3, 0.4) is 0 Å². The second-order valence-corrected chi connectivity index (χ2v) is 5.39. The van der Waals surface area contributed by atoms with E-state index in [1.807, 2.05) is 0 Å². The van der Waals surface area contributed by atoms with Gasteiger partial charge in [0.2, 0.25) is 0 Å². The van der Waals surface area contributed by atoms with Crippen molar-refractivity contribution in [3.05, 3.63) is 0 Å². The van der Waals surface area contributed by atoms with E-state index in [-0.39, 0.29) is 0 Å². The summed E-state index contributed by atoms with van der Waals surface area (Å²) in [7, 11) is 0. The second-order valence-electron chi connectivity index (χ2n) is 5.39. The molecule has 0 aromatic heterocycles. The highest BCUT2D eigenvalue weighted by molar-refractivity contribution is 5.78. The van der Waals surface area contributed by atoms with Crippen LogP contribution in [0.1, 0.15) is 19.8 Å². The van der Waals surface area contributed by atoms with E-state index in [0.717, 1.165) is 45.3 Å². The SMILES string of the molecule is CC1CCCN(CCN=C(N)N2CCOCC2)C1. The van der Waals surface area contributed by atoms with Gasteiger partial charge in [-0.05, 0) is 25.3 Å². The Morgan fingerprint density at radius 2 is 2.11 bits per heavy atom. The van der Waals surface area contributed by atoms with Gasteiger partial charge >= 0.3 is 0 Å². The summed E-state index contributed by atoms with van der Waals surface area (Å²) in [6.45, 7) is 9.89. The van der Waals surface area contributed by atoms with Crippen molar-refractivity contribution in [2.45, 2.75) is 19.8 Å². The Morgan fingerprint density at radius 3 is 2.83 bits per heavy atom. The summed E-state index contributed by atoms with van der Waals surface area (Å²) in [5.74, 6) is 1.52. The van der Waals surface area contributed by atoms with Crippen LogP contribution in [0.15, 0.2) is 4.99 Å². The van der Waals surface area contributed by atoms with Crippen LogP contribution in [-0.2, 0) is 4.74 Å². The first-order valence-electron chi connectivity index (χ1n) is 7.10. The minimum Gasteiger partial charge on any atom is -0.378 e. The lowest BCUT2D eigenvalue weighted by Crippen LogP contribution is -2.45. The van der Waals surface area contributed by atoms with Crippen LogP contribution in [0.2, 0.25) is 0 Å².